The Morgan fingerprint density at radius 1 is 0.582 bits per heavy atom. The van der Waals surface area contributed by atoms with Gasteiger partial charge in [-0.15, -0.1) is 6.58 Å². The van der Waals surface area contributed by atoms with E-state index in [1.165, 1.54) is 0 Å². The first kappa shape index (κ1) is 40.0. The molecule has 0 bridgehead atoms. The van der Waals surface area contributed by atoms with E-state index >= 15 is 0 Å². The van der Waals surface area contributed by atoms with E-state index in [1.54, 1.807) is 6.08 Å². The molecule has 3 aliphatic heterocycles. The quantitative estimate of drug-likeness (QED) is 0.0780. The molecular formula is C45H51BrO9. The second-order valence-electron chi connectivity index (χ2n) is 14.5. The van der Waals surface area contributed by atoms with Crippen molar-refractivity contribution in [2.24, 2.45) is 0 Å². The van der Waals surface area contributed by atoms with Crippen molar-refractivity contribution >= 4 is 15.9 Å². The lowest BCUT2D eigenvalue weighted by atomic mass is 9.94. The van der Waals surface area contributed by atoms with Crippen molar-refractivity contribution in [2.45, 2.75) is 107 Å². The monoisotopic (exact) mass is 814 g/mol. The average Bonchev–Trinajstić information content (AvgIpc) is 3.55. The molecule has 0 saturated carbocycles. The van der Waals surface area contributed by atoms with Crippen molar-refractivity contribution in [1.29, 1.82) is 0 Å². The molecule has 0 radical (unpaired) electrons. The lowest BCUT2D eigenvalue weighted by molar-refractivity contribution is -0.351. The van der Waals surface area contributed by atoms with Crippen LogP contribution in [0, 0.1) is 0 Å². The van der Waals surface area contributed by atoms with Crippen LogP contribution in [0.5, 0.6) is 0 Å². The summed E-state index contributed by atoms with van der Waals surface area (Å²) in [5.41, 5.74) is 4.10. The van der Waals surface area contributed by atoms with Gasteiger partial charge in [0.2, 0.25) is 0 Å². The summed E-state index contributed by atoms with van der Waals surface area (Å²) >= 11 is 3.69. The maximum atomic E-state index is 7.09. The van der Waals surface area contributed by atoms with Crippen LogP contribution in [0.1, 0.15) is 36.1 Å². The van der Waals surface area contributed by atoms with Gasteiger partial charge in [-0.2, -0.15) is 0 Å². The Balaban J connectivity index is 1.24. The molecule has 55 heavy (non-hydrogen) atoms. The van der Waals surface area contributed by atoms with Crippen molar-refractivity contribution in [3.05, 3.63) is 156 Å². The molecule has 3 fully saturated rings. The molecule has 3 aliphatic rings. The lowest BCUT2D eigenvalue weighted by Gasteiger charge is -2.48. The molecule has 292 valence electrons. The molecule has 3 heterocycles. The highest BCUT2D eigenvalue weighted by Crippen LogP contribution is 2.41. The third-order valence-electron chi connectivity index (χ3n) is 10.0. The number of benzene rings is 4. The van der Waals surface area contributed by atoms with Gasteiger partial charge in [0.25, 0.3) is 0 Å². The van der Waals surface area contributed by atoms with Gasteiger partial charge >= 0.3 is 0 Å². The van der Waals surface area contributed by atoms with E-state index in [2.05, 4.69) is 22.5 Å². The topological polar surface area (TPSA) is 83.1 Å². The Morgan fingerprint density at radius 3 is 1.56 bits per heavy atom. The molecule has 4 aromatic rings. The van der Waals surface area contributed by atoms with Crippen molar-refractivity contribution in [1.82, 2.24) is 0 Å². The predicted octanol–water partition coefficient (Wildman–Crippen LogP) is 7.94. The highest BCUT2D eigenvalue weighted by Gasteiger charge is 2.57. The van der Waals surface area contributed by atoms with Crippen LogP contribution in [0.4, 0.5) is 0 Å². The molecule has 10 atom stereocenters. The van der Waals surface area contributed by atoms with E-state index in [1.807, 2.05) is 135 Å². The number of hydrogen-bond acceptors (Lipinski definition) is 9. The Morgan fingerprint density at radius 2 is 1.05 bits per heavy atom. The highest BCUT2D eigenvalue weighted by molar-refractivity contribution is 9.09. The van der Waals surface area contributed by atoms with Crippen LogP contribution >= 0.6 is 15.9 Å². The molecule has 7 rings (SSSR count). The second-order valence-corrected chi connectivity index (χ2v) is 15.2. The van der Waals surface area contributed by atoms with Gasteiger partial charge in [0, 0.05) is 5.33 Å². The smallest absolute Gasteiger partial charge is 0.187 e. The summed E-state index contributed by atoms with van der Waals surface area (Å²) in [5, 5.41) is 0.484. The third-order valence-corrected chi connectivity index (χ3v) is 10.7. The van der Waals surface area contributed by atoms with Crippen LogP contribution in [0.25, 0.3) is 0 Å². The minimum absolute atomic E-state index is 0.213. The standard InChI is InChI=1S/C45H51BrO9/c1-4-35-40-42(55-45(2,3)54-40)39(36(25-46)51-35)53-44-43(50-29-34-23-15-8-16-24-34)41(49-28-33-21-13-7-14-22-33)38(48-27-32-19-11-6-12-20-32)37(52-44)30-47-26-31-17-9-5-10-18-31/h4-24,35-44H,1,25-30H2,2-3H3/t35-,36+,37+,38+,39+,40+,41-,42-,43+,44+/m0/s1. The third kappa shape index (κ3) is 10.4. The van der Waals surface area contributed by atoms with Crippen molar-refractivity contribution in [3.8, 4) is 0 Å². The summed E-state index contributed by atoms with van der Waals surface area (Å²) in [7, 11) is 0. The molecule has 0 N–H and O–H groups in total. The first-order valence-electron chi connectivity index (χ1n) is 19.0. The number of ether oxygens (including phenoxy) is 9. The van der Waals surface area contributed by atoms with Crippen LogP contribution in [0.15, 0.2) is 134 Å². The number of rotatable bonds is 17. The summed E-state index contributed by atoms with van der Waals surface area (Å²) in [5.74, 6) is -0.856. The molecule has 4 aromatic carbocycles. The van der Waals surface area contributed by atoms with E-state index in [4.69, 9.17) is 42.6 Å². The largest absolute Gasteiger partial charge is 0.374 e. The summed E-state index contributed by atoms with van der Waals surface area (Å²) < 4.78 is 60.5. The molecule has 0 amide bonds. The summed E-state index contributed by atoms with van der Waals surface area (Å²) in [6, 6.07) is 40.3. The first-order chi connectivity index (χ1) is 26.9. The maximum Gasteiger partial charge on any atom is 0.187 e. The second kappa shape index (κ2) is 19.3. The molecule has 9 nitrogen and oxygen atoms in total. The summed E-state index contributed by atoms with van der Waals surface area (Å²) in [6.07, 6.45) is -4.06. The fourth-order valence-electron chi connectivity index (χ4n) is 7.38. The molecule has 3 saturated heterocycles. The van der Waals surface area contributed by atoms with Crippen LogP contribution in [-0.2, 0) is 69.1 Å². The zero-order chi connectivity index (χ0) is 38.0. The van der Waals surface area contributed by atoms with Crippen molar-refractivity contribution in [3.63, 3.8) is 0 Å². The zero-order valence-corrected chi connectivity index (χ0v) is 33.0. The molecule has 0 aliphatic carbocycles. The van der Waals surface area contributed by atoms with E-state index in [9.17, 15) is 0 Å². The molecule has 10 heteroatoms. The van der Waals surface area contributed by atoms with Gasteiger partial charge in [0.1, 0.15) is 48.8 Å². The van der Waals surface area contributed by atoms with Gasteiger partial charge in [-0.1, -0.05) is 143 Å². The number of hydrogen-bond donors (Lipinski definition) is 0. The van der Waals surface area contributed by atoms with Crippen molar-refractivity contribution < 1.29 is 42.6 Å². The predicted molar refractivity (Wildman–Crippen MR) is 211 cm³/mol. The minimum atomic E-state index is -0.935. The van der Waals surface area contributed by atoms with E-state index in [-0.39, 0.29) is 12.7 Å². The van der Waals surface area contributed by atoms with E-state index in [0.29, 0.717) is 31.8 Å². The molecular weight excluding hydrogens is 764 g/mol. The van der Waals surface area contributed by atoms with Crippen LogP contribution in [0.2, 0.25) is 0 Å². The fourth-order valence-corrected chi connectivity index (χ4v) is 7.91. The Bertz CT molecular complexity index is 1730. The van der Waals surface area contributed by atoms with Gasteiger partial charge in [0.05, 0.1) is 39.1 Å². The van der Waals surface area contributed by atoms with E-state index < -0.39 is 60.9 Å². The molecule has 0 aromatic heterocycles. The summed E-state index contributed by atoms with van der Waals surface area (Å²) in [6.45, 7) is 9.38. The fraction of sp³-hybridized carbons (Fsp3) is 0.422. The van der Waals surface area contributed by atoms with Crippen LogP contribution < -0.4 is 0 Å². The van der Waals surface area contributed by atoms with Gasteiger partial charge in [-0.3, -0.25) is 0 Å². The van der Waals surface area contributed by atoms with Crippen LogP contribution in [-0.4, -0.2) is 78.9 Å². The Labute approximate surface area is 332 Å². The Kier molecular flexibility index (Phi) is 14.0. The SMILES string of the molecule is C=C[C@@H]1O[C@H](CBr)[C@@H](O[C@H]2O[C@H](COCc3ccccc3)[C@@H](OCc3ccccc3)[C@H](OCc3ccccc3)[C@H]2OCc2ccccc2)[C@@H]2OC(C)(C)O[C@@H]21. The Hall–Kier alpha value is -3.26. The molecule has 0 unspecified atom stereocenters. The van der Waals surface area contributed by atoms with Crippen molar-refractivity contribution in [2.75, 3.05) is 11.9 Å². The average molecular weight is 816 g/mol. The first-order valence-corrected chi connectivity index (χ1v) is 20.1. The van der Waals surface area contributed by atoms with E-state index in [0.717, 1.165) is 22.3 Å². The summed E-state index contributed by atoms with van der Waals surface area (Å²) in [4.78, 5) is 0. The van der Waals surface area contributed by atoms with Gasteiger partial charge in [0.15, 0.2) is 12.1 Å². The van der Waals surface area contributed by atoms with Gasteiger partial charge in [-0.05, 0) is 36.1 Å². The minimum Gasteiger partial charge on any atom is -0.374 e. The number of alkyl halides is 1. The van der Waals surface area contributed by atoms with Crippen LogP contribution in [0.3, 0.4) is 0 Å². The lowest BCUT2D eigenvalue weighted by Crippen LogP contribution is -2.65. The normalized spacial score (nSPS) is 30.1. The van der Waals surface area contributed by atoms with Gasteiger partial charge in [-0.25, -0.2) is 0 Å². The highest BCUT2D eigenvalue weighted by atomic mass is 79.9. The maximum absolute atomic E-state index is 7.09. The number of halogens is 1. The van der Waals surface area contributed by atoms with Gasteiger partial charge < -0.3 is 42.6 Å². The molecule has 0 spiro atoms. The zero-order valence-electron chi connectivity index (χ0n) is 31.4. The number of fused-ring (bicyclic) bond motifs is 1.